The molecule has 0 atom stereocenters. The maximum atomic E-state index is 4.57. The average molecular weight is 265 g/mol. The lowest BCUT2D eigenvalue weighted by Crippen LogP contribution is -2.08. The number of aromatic nitrogens is 4. The van der Waals surface area contributed by atoms with Crippen molar-refractivity contribution in [2.45, 2.75) is 39.8 Å². The van der Waals surface area contributed by atoms with E-state index in [9.17, 15) is 0 Å². The SMILES string of the molecule is CCc1nc(CC)n(Cc2csc(CNC)n2)n1. The molecule has 98 valence electrons. The first-order valence-corrected chi connectivity index (χ1v) is 7.15. The highest BCUT2D eigenvalue weighted by Gasteiger charge is 2.09. The summed E-state index contributed by atoms with van der Waals surface area (Å²) in [5, 5.41) is 10.8. The second-order valence-corrected chi connectivity index (χ2v) is 5.01. The van der Waals surface area contributed by atoms with Gasteiger partial charge >= 0.3 is 0 Å². The van der Waals surface area contributed by atoms with E-state index in [0.717, 1.165) is 48.3 Å². The Morgan fingerprint density at radius 3 is 2.78 bits per heavy atom. The molecule has 0 radical (unpaired) electrons. The molecule has 0 bridgehead atoms. The molecule has 5 nitrogen and oxygen atoms in total. The summed E-state index contributed by atoms with van der Waals surface area (Å²) in [4.78, 5) is 9.07. The minimum atomic E-state index is 0.719. The van der Waals surface area contributed by atoms with Gasteiger partial charge in [0, 0.05) is 24.8 Å². The fourth-order valence-electron chi connectivity index (χ4n) is 1.77. The van der Waals surface area contributed by atoms with Crippen LogP contribution < -0.4 is 5.32 Å². The second-order valence-electron chi connectivity index (χ2n) is 4.07. The largest absolute Gasteiger partial charge is 0.314 e. The Morgan fingerprint density at radius 2 is 2.11 bits per heavy atom. The minimum absolute atomic E-state index is 0.719. The van der Waals surface area contributed by atoms with E-state index in [4.69, 9.17) is 0 Å². The third-order valence-corrected chi connectivity index (χ3v) is 3.56. The first-order chi connectivity index (χ1) is 8.76. The molecule has 0 unspecified atom stereocenters. The van der Waals surface area contributed by atoms with Gasteiger partial charge in [-0.15, -0.1) is 11.3 Å². The summed E-state index contributed by atoms with van der Waals surface area (Å²) in [6.07, 6.45) is 1.78. The maximum Gasteiger partial charge on any atom is 0.150 e. The van der Waals surface area contributed by atoms with E-state index in [0.29, 0.717) is 0 Å². The summed E-state index contributed by atoms with van der Waals surface area (Å²) in [6.45, 7) is 5.72. The van der Waals surface area contributed by atoms with Crippen LogP contribution >= 0.6 is 11.3 Å². The summed E-state index contributed by atoms with van der Waals surface area (Å²) < 4.78 is 1.97. The molecule has 2 rings (SSSR count). The third-order valence-electron chi connectivity index (χ3n) is 2.66. The summed E-state index contributed by atoms with van der Waals surface area (Å²) in [5.41, 5.74) is 1.06. The van der Waals surface area contributed by atoms with E-state index >= 15 is 0 Å². The van der Waals surface area contributed by atoms with Crippen LogP contribution in [0.4, 0.5) is 0 Å². The van der Waals surface area contributed by atoms with E-state index in [1.165, 1.54) is 0 Å². The van der Waals surface area contributed by atoms with E-state index in [-0.39, 0.29) is 0 Å². The number of rotatable bonds is 6. The van der Waals surface area contributed by atoms with Gasteiger partial charge in [-0.3, -0.25) is 0 Å². The molecule has 0 aliphatic heterocycles. The van der Waals surface area contributed by atoms with Gasteiger partial charge in [-0.1, -0.05) is 13.8 Å². The standard InChI is InChI=1S/C12H19N5S/c1-4-10-15-11(5-2)17(16-10)7-9-8-18-12(14-9)6-13-3/h8,13H,4-7H2,1-3H3. The van der Waals surface area contributed by atoms with Crippen LogP contribution in [-0.4, -0.2) is 26.8 Å². The Hall–Kier alpha value is -1.27. The van der Waals surface area contributed by atoms with Crippen LogP contribution in [0.25, 0.3) is 0 Å². The van der Waals surface area contributed by atoms with Crippen molar-refractivity contribution in [1.82, 2.24) is 25.1 Å². The van der Waals surface area contributed by atoms with Crippen molar-refractivity contribution in [3.8, 4) is 0 Å². The van der Waals surface area contributed by atoms with E-state index in [2.05, 4.69) is 39.6 Å². The zero-order chi connectivity index (χ0) is 13.0. The number of nitrogens with one attached hydrogen (secondary N) is 1. The fraction of sp³-hybridized carbons (Fsp3) is 0.583. The van der Waals surface area contributed by atoms with Gasteiger partial charge in [0.15, 0.2) is 5.82 Å². The summed E-state index contributed by atoms with van der Waals surface area (Å²) in [6, 6.07) is 0. The second kappa shape index (κ2) is 6.06. The molecule has 0 saturated carbocycles. The van der Waals surface area contributed by atoms with Gasteiger partial charge in [0.2, 0.25) is 0 Å². The summed E-state index contributed by atoms with van der Waals surface area (Å²) in [5.74, 6) is 1.95. The predicted molar refractivity (Wildman–Crippen MR) is 72.8 cm³/mol. The van der Waals surface area contributed by atoms with Gasteiger partial charge < -0.3 is 5.32 Å². The normalized spacial score (nSPS) is 11.1. The first-order valence-electron chi connectivity index (χ1n) is 6.27. The smallest absolute Gasteiger partial charge is 0.150 e. The van der Waals surface area contributed by atoms with Gasteiger partial charge in [-0.05, 0) is 7.05 Å². The maximum absolute atomic E-state index is 4.57. The number of nitrogens with zero attached hydrogens (tertiary/aromatic N) is 4. The van der Waals surface area contributed by atoms with Crippen LogP contribution in [-0.2, 0) is 25.9 Å². The Labute approximate surface area is 111 Å². The van der Waals surface area contributed by atoms with Crippen LogP contribution in [0.15, 0.2) is 5.38 Å². The Bertz CT molecular complexity index is 502. The molecule has 18 heavy (non-hydrogen) atoms. The molecule has 0 amide bonds. The van der Waals surface area contributed by atoms with Gasteiger partial charge in [0.25, 0.3) is 0 Å². The van der Waals surface area contributed by atoms with Gasteiger partial charge in [-0.25, -0.2) is 14.6 Å². The van der Waals surface area contributed by atoms with Crippen LogP contribution in [0.3, 0.4) is 0 Å². The topological polar surface area (TPSA) is 55.6 Å². The predicted octanol–water partition coefficient (Wildman–Crippen LogP) is 1.63. The average Bonchev–Trinajstić information content (AvgIpc) is 2.97. The molecule has 0 spiro atoms. The molecule has 6 heteroatoms. The molecule has 0 saturated heterocycles. The summed E-state index contributed by atoms with van der Waals surface area (Å²) >= 11 is 1.68. The lowest BCUT2D eigenvalue weighted by molar-refractivity contribution is 0.626. The number of hydrogen-bond donors (Lipinski definition) is 1. The van der Waals surface area contributed by atoms with Gasteiger partial charge in [-0.2, -0.15) is 5.10 Å². The number of aryl methyl sites for hydroxylation is 2. The van der Waals surface area contributed by atoms with E-state index < -0.39 is 0 Å². The van der Waals surface area contributed by atoms with Crippen molar-refractivity contribution in [2.24, 2.45) is 0 Å². The molecule has 2 aromatic heterocycles. The molecule has 0 fully saturated rings. The molecule has 2 aromatic rings. The highest BCUT2D eigenvalue weighted by molar-refractivity contribution is 7.09. The monoisotopic (exact) mass is 265 g/mol. The highest BCUT2D eigenvalue weighted by Crippen LogP contribution is 2.12. The Morgan fingerprint density at radius 1 is 1.28 bits per heavy atom. The third kappa shape index (κ3) is 2.94. The van der Waals surface area contributed by atoms with Gasteiger partial charge in [0.05, 0.1) is 12.2 Å². The van der Waals surface area contributed by atoms with Crippen LogP contribution in [0.5, 0.6) is 0 Å². The highest BCUT2D eigenvalue weighted by atomic mass is 32.1. The summed E-state index contributed by atoms with van der Waals surface area (Å²) in [7, 11) is 1.93. The zero-order valence-corrected chi connectivity index (χ0v) is 11.9. The van der Waals surface area contributed by atoms with Crippen molar-refractivity contribution < 1.29 is 0 Å². The van der Waals surface area contributed by atoms with Crippen molar-refractivity contribution in [1.29, 1.82) is 0 Å². The molecular weight excluding hydrogens is 246 g/mol. The van der Waals surface area contributed by atoms with E-state index in [1.807, 2.05) is 11.7 Å². The molecule has 0 aliphatic carbocycles. The quantitative estimate of drug-likeness (QED) is 0.862. The first kappa shape index (κ1) is 13.2. The number of hydrogen-bond acceptors (Lipinski definition) is 5. The lowest BCUT2D eigenvalue weighted by atomic mass is 10.4. The van der Waals surface area contributed by atoms with Crippen molar-refractivity contribution >= 4 is 11.3 Å². The molecule has 1 N–H and O–H groups in total. The van der Waals surface area contributed by atoms with Crippen molar-refractivity contribution in [3.05, 3.63) is 27.7 Å². The zero-order valence-electron chi connectivity index (χ0n) is 11.1. The number of thiazole rings is 1. The fourth-order valence-corrected chi connectivity index (χ4v) is 2.57. The Kier molecular flexibility index (Phi) is 4.43. The van der Waals surface area contributed by atoms with Crippen LogP contribution in [0, 0.1) is 0 Å². The molecular formula is C12H19N5S. The van der Waals surface area contributed by atoms with Crippen LogP contribution in [0.1, 0.15) is 36.2 Å². The Balaban J connectivity index is 2.14. The van der Waals surface area contributed by atoms with Gasteiger partial charge in [0.1, 0.15) is 10.8 Å². The van der Waals surface area contributed by atoms with Crippen molar-refractivity contribution in [3.63, 3.8) is 0 Å². The molecule has 0 aromatic carbocycles. The molecule has 0 aliphatic rings. The lowest BCUT2D eigenvalue weighted by Gasteiger charge is -2.01. The minimum Gasteiger partial charge on any atom is -0.314 e. The van der Waals surface area contributed by atoms with Crippen molar-refractivity contribution in [2.75, 3.05) is 7.05 Å². The molecule has 2 heterocycles. The van der Waals surface area contributed by atoms with Crippen LogP contribution in [0.2, 0.25) is 0 Å². The van der Waals surface area contributed by atoms with E-state index in [1.54, 1.807) is 11.3 Å².